The average molecular weight is 419 g/mol. The number of halogens is 2. The molecule has 5 nitrogen and oxygen atoms in total. The van der Waals surface area contributed by atoms with Gasteiger partial charge in [0.05, 0.1) is 21.1 Å². The first-order valence-electron chi connectivity index (χ1n) is 7.87. The Morgan fingerprint density at radius 2 is 1.96 bits per heavy atom. The maximum atomic E-state index is 12.7. The van der Waals surface area contributed by atoms with Gasteiger partial charge in [-0.15, -0.1) is 0 Å². The molecule has 0 unspecified atom stereocenters. The van der Waals surface area contributed by atoms with Crippen molar-refractivity contribution in [2.24, 2.45) is 0 Å². The van der Waals surface area contributed by atoms with Crippen molar-refractivity contribution in [1.29, 1.82) is 0 Å². The second-order valence-corrected chi connectivity index (χ2v) is 8.04. The molecule has 0 saturated carbocycles. The zero-order chi connectivity index (χ0) is 18.8. The summed E-state index contributed by atoms with van der Waals surface area (Å²) in [5.41, 5.74) is 0.770. The van der Waals surface area contributed by atoms with Crippen molar-refractivity contribution >= 4 is 55.7 Å². The van der Waals surface area contributed by atoms with Gasteiger partial charge < -0.3 is 9.88 Å². The van der Waals surface area contributed by atoms with Crippen LogP contribution in [-0.4, -0.2) is 29.8 Å². The number of hydrogen-bond donors (Lipinski definition) is 1. The van der Waals surface area contributed by atoms with E-state index in [4.69, 9.17) is 23.2 Å². The molecule has 0 fully saturated rings. The van der Waals surface area contributed by atoms with E-state index in [0.717, 1.165) is 6.42 Å². The molecule has 0 aliphatic heterocycles. The summed E-state index contributed by atoms with van der Waals surface area (Å²) < 4.78 is 23.2. The molecule has 0 saturated heterocycles. The summed E-state index contributed by atoms with van der Waals surface area (Å²) in [5, 5.41) is 5.58. The lowest BCUT2D eigenvalue weighted by Crippen LogP contribution is -2.42. The van der Waals surface area contributed by atoms with Crippen LogP contribution in [0.25, 0.3) is 10.9 Å². The number of fused-ring (bicyclic) bond motifs is 1. The third-order valence-electron chi connectivity index (χ3n) is 4.14. The van der Waals surface area contributed by atoms with Gasteiger partial charge in [-0.3, -0.25) is 4.79 Å². The van der Waals surface area contributed by atoms with Crippen molar-refractivity contribution in [1.82, 2.24) is 9.88 Å². The fraction of sp³-hybridized carbons (Fsp3) is 0.444. The number of nitrogens with zero attached hydrogens (tertiary/aromatic N) is 1. The monoisotopic (exact) mass is 418 g/mol. The van der Waals surface area contributed by atoms with E-state index in [1.165, 1.54) is 5.37 Å². The number of carbonyl (C=O) groups excluding carboxylic acids is 1. The standard InChI is InChI=1S/C17H20Cl2N2O3S.CH4/c1-4-17(2,3)20-16(22)12-10-21(8-5-9-25(23)24)15-11(12)6-7-13(18)14(15)19;/h6-7,9-10H,4-5,8H2,1-3H3,(H,20,22);1H4. The highest BCUT2D eigenvalue weighted by atomic mass is 35.5. The molecule has 1 heterocycles. The Hall–Kier alpha value is -1.50. The maximum Gasteiger partial charge on any atom is 0.253 e. The van der Waals surface area contributed by atoms with Crippen LogP contribution in [0, 0.1) is 0 Å². The van der Waals surface area contributed by atoms with E-state index in [1.54, 1.807) is 22.9 Å². The third kappa shape index (κ3) is 5.02. The summed E-state index contributed by atoms with van der Waals surface area (Å²) >= 11 is 12.4. The molecule has 2 rings (SSSR count). The molecular weight excluding hydrogens is 395 g/mol. The van der Waals surface area contributed by atoms with Crippen molar-refractivity contribution in [3.8, 4) is 0 Å². The van der Waals surface area contributed by atoms with Crippen LogP contribution in [0.2, 0.25) is 10.0 Å². The normalized spacial score (nSPS) is 11.1. The first-order valence-corrected chi connectivity index (χ1v) is 9.76. The smallest absolute Gasteiger partial charge is 0.253 e. The van der Waals surface area contributed by atoms with Crippen molar-refractivity contribution in [2.75, 3.05) is 0 Å². The molecule has 0 aliphatic carbocycles. The number of amides is 1. The van der Waals surface area contributed by atoms with Crippen molar-refractivity contribution in [2.45, 2.75) is 53.1 Å². The molecule has 2 aromatic rings. The van der Waals surface area contributed by atoms with Crippen LogP contribution in [-0.2, 0) is 16.8 Å². The molecule has 1 aromatic heterocycles. The third-order valence-corrected chi connectivity index (χ3v) is 5.44. The van der Waals surface area contributed by atoms with E-state index < -0.39 is 10.3 Å². The zero-order valence-corrected chi connectivity index (χ0v) is 16.6. The predicted molar refractivity (Wildman–Crippen MR) is 110 cm³/mol. The number of aryl methyl sites for hydroxylation is 1. The zero-order valence-electron chi connectivity index (χ0n) is 14.3. The van der Waals surface area contributed by atoms with Gasteiger partial charge in [0.15, 0.2) is 0 Å². The van der Waals surface area contributed by atoms with E-state index in [1.807, 2.05) is 20.8 Å². The van der Waals surface area contributed by atoms with Crippen LogP contribution < -0.4 is 5.32 Å². The Bertz CT molecular complexity index is 939. The Morgan fingerprint density at radius 3 is 2.54 bits per heavy atom. The molecule has 26 heavy (non-hydrogen) atoms. The SMILES string of the molecule is C.CCC(C)(C)NC(=O)c1cn(CCC=S(=O)=O)c2c(Cl)c(Cl)ccc12. The molecule has 1 aromatic carbocycles. The second kappa shape index (κ2) is 8.93. The lowest BCUT2D eigenvalue weighted by molar-refractivity contribution is 0.0912. The molecule has 0 bridgehead atoms. The molecule has 0 atom stereocenters. The van der Waals surface area contributed by atoms with E-state index in [0.29, 0.717) is 39.5 Å². The minimum atomic E-state index is -2.23. The van der Waals surface area contributed by atoms with Gasteiger partial charge >= 0.3 is 0 Å². The Balaban J connectivity index is 0.00000338. The summed E-state index contributed by atoms with van der Waals surface area (Å²) in [6.45, 7) is 6.27. The number of aromatic nitrogens is 1. The van der Waals surface area contributed by atoms with Crippen LogP contribution in [0.3, 0.4) is 0 Å². The van der Waals surface area contributed by atoms with Gasteiger partial charge in [-0.1, -0.05) is 43.6 Å². The van der Waals surface area contributed by atoms with Gasteiger partial charge in [0, 0.05) is 29.0 Å². The van der Waals surface area contributed by atoms with E-state index in [2.05, 4.69) is 5.32 Å². The van der Waals surface area contributed by atoms with Gasteiger partial charge in [0.2, 0.25) is 10.3 Å². The number of rotatable bonds is 6. The van der Waals surface area contributed by atoms with Crippen molar-refractivity contribution < 1.29 is 13.2 Å². The van der Waals surface area contributed by atoms with Gasteiger partial charge in [0.1, 0.15) is 0 Å². The topological polar surface area (TPSA) is 68.2 Å². The molecule has 0 aliphatic rings. The largest absolute Gasteiger partial charge is 0.347 e. The molecule has 144 valence electrons. The minimum absolute atomic E-state index is 0. The summed E-state index contributed by atoms with van der Waals surface area (Å²) in [6.07, 6.45) is 2.77. The maximum absolute atomic E-state index is 12.7. The first-order chi connectivity index (χ1) is 11.7. The lowest BCUT2D eigenvalue weighted by Gasteiger charge is -2.24. The van der Waals surface area contributed by atoms with Crippen molar-refractivity contribution in [3.63, 3.8) is 0 Å². The quantitative estimate of drug-likeness (QED) is 0.698. The van der Waals surface area contributed by atoms with Crippen LogP contribution in [0.4, 0.5) is 0 Å². The molecule has 0 radical (unpaired) electrons. The highest BCUT2D eigenvalue weighted by molar-refractivity contribution is 7.71. The average Bonchev–Trinajstić information content (AvgIpc) is 2.90. The van der Waals surface area contributed by atoms with Crippen molar-refractivity contribution in [3.05, 3.63) is 33.9 Å². The number of carbonyl (C=O) groups is 1. The Labute approximate surface area is 165 Å². The molecular formula is C18H24Cl2N2O3S. The van der Waals surface area contributed by atoms with E-state index >= 15 is 0 Å². The molecule has 0 spiro atoms. The summed E-state index contributed by atoms with van der Waals surface area (Å²) in [7, 11) is -2.23. The van der Waals surface area contributed by atoms with Crippen LogP contribution in [0.5, 0.6) is 0 Å². The number of benzene rings is 1. The highest BCUT2D eigenvalue weighted by Gasteiger charge is 2.23. The second-order valence-electron chi connectivity index (χ2n) is 6.40. The van der Waals surface area contributed by atoms with Gasteiger partial charge in [-0.2, -0.15) is 8.42 Å². The predicted octanol–water partition coefficient (Wildman–Crippen LogP) is 4.57. The van der Waals surface area contributed by atoms with Gasteiger partial charge in [-0.25, -0.2) is 0 Å². The van der Waals surface area contributed by atoms with E-state index in [9.17, 15) is 13.2 Å². The summed E-state index contributed by atoms with van der Waals surface area (Å²) in [6, 6.07) is 3.40. The number of hydrogen-bond acceptors (Lipinski definition) is 3. The summed E-state index contributed by atoms with van der Waals surface area (Å²) in [5.74, 6) is -0.203. The van der Waals surface area contributed by atoms with Crippen LogP contribution in [0.1, 0.15) is 51.4 Å². The van der Waals surface area contributed by atoms with Gasteiger partial charge in [0.25, 0.3) is 5.91 Å². The van der Waals surface area contributed by atoms with Crippen LogP contribution in [0.15, 0.2) is 18.3 Å². The molecule has 1 amide bonds. The minimum Gasteiger partial charge on any atom is -0.347 e. The first kappa shape index (κ1) is 22.5. The molecule has 8 heteroatoms. The fourth-order valence-electron chi connectivity index (χ4n) is 2.44. The fourth-order valence-corrected chi connectivity index (χ4v) is 3.16. The lowest BCUT2D eigenvalue weighted by atomic mass is 10.0. The molecule has 1 N–H and O–H groups in total. The van der Waals surface area contributed by atoms with Crippen LogP contribution >= 0.6 is 23.2 Å². The summed E-state index contributed by atoms with van der Waals surface area (Å²) in [4.78, 5) is 12.7. The van der Waals surface area contributed by atoms with Gasteiger partial charge in [-0.05, 0) is 32.8 Å². The van der Waals surface area contributed by atoms with E-state index in [-0.39, 0.29) is 18.9 Å². The highest BCUT2D eigenvalue weighted by Crippen LogP contribution is 2.34. The number of nitrogens with one attached hydrogen (secondary N) is 1. The Morgan fingerprint density at radius 1 is 1.31 bits per heavy atom. The Kier molecular flexibility index (Phi) is 7.74.